The molecule has 0 aliphatic heterocycles. The second kappa shape index (κ2) is 9.01. The summed E-state index contributed by atoms with van der Waals surface area (Å²) in [5.41, 5.74) is 1.15. The van der Waals surface area contributed by atoms with Crippen molar-refractivity contribution in [1.82, 2.24) is 4.90 Å². The van der Waals surface area contributed by atoms with Gasteiger partial charge in [0.1, 0.15) is 6.07 Å². The van der Waals surface area contributed by atoms with Gasteiger partial charge in [-0.05, 0) is 37.8 Å². The zero-order valence-corrected chi connectivity index (χ0v) is 15.0. The Morgan fingerprint density at radius 1 is 1.00 bits per heavy atom. The van der Waals surface area contributed by atoms with E-state index in [1.54, 1.807) is 6.07 Å². The van der Waals surface area contributed by atoms with Gasteiger partial charge in [-0.3, -0.25) is 9.69 Å². The highest BCUT2D eigenvalue weighted by Gasteiger charge is 2.30. The van der Waals surface area contributed by atoms with Crippen LogP contribution in [0.4, 0.5) is 5.69 Å². The van der Waals surface area contributed by atoms with E-state index in [0.717, 1.165) is 0 Å². The number of benzene rings is 1. The molecule has 1 aromatic rings. The topological polar surface area (TPSA) is 56.1 Å². The summed E-state index contributed by atoms with van der Waals surface area (Å²) in [7, 11) is 0. The number of amides is 1. The number of rotatable bonds is 5. The van der Waals surface area contributed by atoms with Gasteiger partial charge in [-0.2, -0.15) is 5.26 Å². The SMILES string of the molecule is N#Cc1ccccc1NC(=O)CN(C1CCCCC1)C1CCCCC1. The molecule has 0 atom stereocenters. The number of nitrogens with zero attached hydrogens (tertiary/aromatic N) is 2. The largest absolute Gasteiger partial charge is 0.324 e. The molecule has 0 aromatic heterocycles. The number of para-hydroxylation sites is 1. The number of carbonyl (C=O) groups is 1. The number of nitrogens with one attached hydrogen (secondary N) is 1. The molecule has 134 valence electrons. The molecule has 4 nitrogen and oxygen atoms in total. The minimum atomic E-state index is 0.0128. The summed E-state index contributed by atoms with van der Waals surface area (Å²) >= 11 is 0. The quantitative estimate of drug-likeness (QED) is 0.861. The van der Waals surface area contributed by atoms with Gasteiger partial charge in [-0.15, -0.1) is 0 Å². The molecule has 3 rings (SSSR count). The lowest BCUT2D eigenvalue weighted by Gasteiger charge is -2.41. The number of hydrogen-bond acceptors (Lipinski definition) is 3. The average molecular weight is 339 g/mol. The zero-order chi connectivity index (χ0) is 17.5. The van der Waals surface area contributed by atoms with Crippen molar-refractivity contribution >= 4 is 11.6 Å². The molecule has 0 saturated heterocycles. The van der Waals surface area contributed by atoms with Crippen molar-refractivity contribution < 1.29 is 4.79 Å². The standard InChI is InChI=1S/C21H29N3O/c22-15-17-9-7-8-14-20(17)23-21(25)16-24(18-10-3-1-4-11-18)19-12-5-2-6-13-19/h7-9,14,18-19H,1-6,10-13,16H2,(H,23,25). The molecule has 0 radical (unpaired) electrons. The Hall–Kier alpha value is -1.86. The Morgan fingerprint density at radius 2 is 1.56 bits per heavy atom. The first-order chi connectivity index (χ1) is 12.3. The fourth-order valence-corrected chi connectivity index (χ4v) is 4.43. The van der Waals surface area contributed by atoms with Crippen LogP contribution in [0.15, 0.2) is 24.3 Å². The Morgan fingerprint density at radius 3 is 2.12 bits per heavy atom. The predicted molar refractivity (Wildman–Crippen MR) is 100 cm³/mol. The van der Waals surface area contributed by atoms with Crippen LogP contribution >= 0.6 is 0 Å². The maximum absolute atomic E-state index is 12.7. The van der Waals surface area contributed by atoms with Gasteiger partial charge in [-0.25, -0.2) is 0 Å². The number of carbonyl (C=O) groups excluding carboxylic acids is 1. The molecule has 2 aliphatic rings. The highest BCUT2D eigenvalue weighted by molar-refractivity contribution is 5.93. The highest BCUT2D eigenvalue weighted by atomic mass is 16.2. The van der Waals surface area contributed by atoms with Gasteiger partial charge in [0.2, 0.25) is 5.91 Å². The molecular weight excluding hydrogens is 310 g/mol. The molecule has 0 unspecified atom stereocenters. The first-order valence-electron chi connectivity index (χ1n) is 9.82. The third kappa shape index (κ3) is 4.83. The minimum Gasteiger partial charge on any atom is -0.324 e. The fraction of sp³-hybridized carbons (Fsp3) is 0.619. The van der Waals surface area contributed by atoms with Gasteiger partial charge >= 0.3 is 0 Å². The Balaban J connectivity index is 1.68. The van der Waals surface area contributed by atoms with E-state index in [0.29, 0.717) is 29.9 Å². The van der Waals surface area contributed by atoms with Gasteiger partial charge in [0, 0.05) is 12.1 Å². The predicted octanol–water partition coefficient (Wildman–Crippen LogP) is 4.46. The summed E-state index contributed by atoms with van der Waals surface area (Å²) in [6, 6.07) is 10.5. The van der Waals surface area contributed by atoms with E-state index in [9.17, 15) is 10.1 Å². The summed E-state index contributed by atoms with van der Waals surface area (Å²) in [4.78, 5) is 15.2. The van der Waals surface area contributed by atoms with Crippen molar-refractivity contribution in [3.8, 4) is 6.07 Å². The molecule has 0 bridgehead atoms. The summed E-state index contributed by atoms with van der Waals surface area (Å²) < 4.78 is 0. The van der Waals surface area contributed by atoms with Crippen molar-refractivity contribution in [3.63, 3.8) is 0 Å². The molecule has 4 heteroatoms. The maximum Gasteiger partial charge on any atom is 0.238 e. The summed E-state index contributed by atoms with van der Waals surface area (Å²) in [5.74, 6) is 0.0128. The van der Waals surface area contributed by atoms with E-state index in [4.69, 9.17) is 0 Å². The molecule has 2 saturated carbocycles. The first-order valence-corrected chi connectivity index (χ1v) is 9.82. The normalized spacial score (nSPS) is 19.5. The molecule has 1 aromatic carbocycles. The van der Waals surface area contributed by atoms with Crippen molar-refractivity contribution in [1.29, 1.82) is 5.26 Å². The number of anilines is 1. The minimum absolute atomic E-state index is 0.0128. The molecule has 1 amide bonds. The second-order valence-electron chi connectivity index (χ2n) is 7.46. The molecule has 2 fully saturated rings. The molecule has 2 aliphatic carbocycles. The van der Waals surface area contributed by atoms with E-state index in [-0.39, 0.29) is 5.91 Å². The van der Waals surface area contributed by atoms with Crippen molar-refractivity contribution in [2.45, 2.75) is 76.3 Å². The molecule has 0 heterocycles. The third-order valence-electron chi connectivity index (χ3n) is 5.74. The van der Waals surface area contributed by atoms with E-state index in [1.807, 2.05) is 18.2 Å². The molecule has 1 N–H and O–H groups in total. The van der Waals surface area contributed by atoms with Crippen LogP contribution in [0.25, 0.3) is 0 Å². The van der Waals surface area contributed by atoms with E-state index >= 15 is 0 Å². The van der Waals surface area contributed by atoms with Crippen LogP contribution in [0.3, 0.4) is 0 Å². The number of hydrogen-bond donors (Lipinski definition) is 1. The number of nitriles is 1. The van der Waals surface area contributed by atoms with Crippen LogP contribution < -0.4 is 5.32 Å². The van der Waals surface area contributed by atoms with Crippen LogP contribution in [-0.4, -0.2) is 29.4 Å². The third-order valence-corrected chi connectivity index (χ3v) is 5.74. The van der Waals surface area contributed by atoms with E-state index in [2.05, 4.69) is 16.3 Å². The van der Waals surface area contributed by atoms with Gasteiger partial charge in [0.15, 0.2) is 0 Å². The maximum atomic E-state index is 12.7. The Kier molecular flexibility index (Phi) is 6.47. The smallest absolute Gasteiger partial charge is 0.238 e. The van der Waals surface area contributed by atoms with Crippen molar-refractivity contribution in [3.05, 3.63) is 29.8 Å². The second-order valence-corrected chi connectivity index (χ2v) is 7.46. The zero-order valence-electron chi connectivity index (χ0n) is 15.0. The van der Waals surface area contributed by atoms with Crippen molar-refractivity contribution in [2.75, 3.05) is 11.9 Å². The summed E-state index contributed by atoms with van der Waals surface area (Å²) in [6.07, 6.45) is 12.7. The highest BCUT2D eigenvalue weighted by Crippen LogP contribution is 2.30. The van der Waals surface area contributed by atoms with Gasteiger partial charge in [-0.1, -0.05) is 50.7 Å². The lowest BCUT2D eigenvalue weighted by Crippen LogP contribution is -2.48. The Labute approximate surface area is 151 Å². The lowest BCUT2D eigenvalue weighted by molar-refractivity contribution is -0.119. The van der Waals surface area contributed by atoms with Gasteiger partial charge in [0.05, 0.1) is 17.8 Å². The van der Waals surface area contributed by atoms with Crippen LogP contribution in [0.5, 0.6) is 0 Å². The van der Waals surface area contributed by atoms with Crippen LogP contribution in [0.1, 0.15) is 69.8 Å². The van der Waals surface area contributed by atoms with Gasteiger partial charge < -0.3 is 5.32 Å². The monoisotopic (exact) mass is 339 g/mol. The molecule has 25 heavy (non-hydrogen) atoms. The Bertz CT molecular complexity index is 592. The molecule has 0 spiro atoms. The van der Waals surface area contributed by atoms with Crippen LogP contribution in [-0.2, 0) is 4.79 Å². The fourth-order valence-electron chi connectivity index (χ4n) is 4.43. The van der Waals surface area contributed by atoms with Crippen LogP contribution in [0.2, 0.25) is 0 Å². The summed E-state index contributed by atoms with van der Waals surface area (Å²) in [6.45, 7) is 0.453. The first kappa shape index (κ1) is 17.9. The van der Waals surface area contributed by atoms with E-state index in [1.165, 1.54) is 64.2 Å². The molecular formula is C21H29N3O. The lowest BCUT2D eigenvalue weighted by atomic mass is 9.88. The average Bonchev–Trinajstić information content (AvgIpc) is 2.68. The summed E-state index contributed by atoms with van der Waals surface area (Å²) in [5, 5.41) is 12.2. The van der Waals surface area contributed by atoms with Gasteiger partial charge in [0.25, 0.3) is 0 Å². The van der Waals surface area contributed by atoms with Crippen molar-refractivity contribution in [2.24, 2.45) is 0 Å². The van der Waals surface area contributed by atoms with Crippen LogP contribution in [0, 0.1) is 11.3 Å². The van der Waals surface area contributed by atoms with E-state index < -0.39 is 0 Å².